The number of aryl methyl sites for hydroxylation is 1. The quantitative estimate of drug-likeness (QED) is 0.252. The van der Waals surface area contributed by atoms with Crippen molar-refractivity contribution >= 4 is 62.7 Å². The van der Waals surface area contributed by atoms with Crippen LogP contribution in [0.2, 0.25) is 0 Å². The standard InChI is InChI=1S/C23H26N4O4S3/c1-2-3-8-20-25-26-22(34-20)24-19(28)7-5-4-6-11-27-21(29)18(33-23(27)32)13-15-9-10-16-17(12-15)31-14-30-16/h9-10,12-13H,2-8,11,14H2,1H3,(H,24,26,28). The Morgan fingerprint density at radius 2 is 2.06 bits per heavy atom. The maximum atomic E-state index is 12.8. The van der Waals surface area contributed by atoms with Gasteiger partial charge in [0.25, 0.3) is 5.91 Å². The van der Waals surface area contributed by atoms with E-state index in [1.165, 1.54) is 23.1 Å². The van der Waals surface area contributed by atoms with E-state index in [-0.39, 0.29) is 18.6 Å². The van der Waals surface area contributed by atoms with Crippen molar-refractivity contribution in [3.63, 3.8) is 0 Å². The maximum Gasteiger partial charge on any atom is 0.266 e. The number of unbranched alkanes of at least 4 members (excludes halogenated alkanes) is 3. The molecule has 34 heavy (non-hydrogen) atoms. The molecule has 2 aliphatic heterocycles. The second-order valence-corrected chi connectivity index (χ2v) is 10.6. The second-order valence-electron chi connectivity index (χ2n) is 7.91. The van der Waals surface area contributed by atoms with Crippen molar-refractivity contribution in [1.82, 2.24) is 15.1 Å². The van der Waals surface area contributed by atoms with E-state index in [4.69, 9.17) is 21.7 Å². The smallest absolute Gasteiger partial charge is 0.266 e. The molecule has 1 N–H and O–H groups in total. The topological polar surface area (TPSA) is 93.7 Å². The number of anilines is 1. The van der Waals surface area contributed by atoms with Crippen LogP contribution < -0.4 is 14.8 Å². The molecule has 0 saturated carbocycles. The van der Waals surface area contributed by atoms with Gasteiger partial charge in [-0.15, -0.1) is 10.2 Å². The SMILES string of the molecule is CCCCc1nnc(NC(=O)CCCCCN2C(=O)C(=Cc3ccc4c(c3)OCO4)SC2=S)s1. The molecule has 2 aliphatic rings. The highest BCUT2D eigenvalue weighted by atomic mass is 32.2. The van der Waals surface area contributed by atoms with Crippen LogP contribution in [0.4, 0.5) is 5.13 Å². The van der Waals surface area contributed by atoms with Gasteiger partial charge in [0.05, 0.1) is 4.91 Å². The number of thiocarbonyl (C=S) groups is 1. The first kappa shape index (κ1) is 24.6. The van der Waals surface area contributed by atoms with Crippen molar-refractivity contribution in [3.05, 3.63) is 33.7 Å². The number of rotatable bonds is 11. The third-order valence-electron chi connectivity index (χ3n) is 5.31. The number of nitrogens with zero attached hydrogens (tertiary/aromatic N) is 3. The molecule has 2 aromatic rings. The predicted octanol–water partition coefficient (Wildman–Crippen LogP) is 5.01. The Kier molecular flexibility index (Phi) is 8.52. The lowest BCUT2D eigenvalue weighted by Gasteiger charge is -2.14. The molecular formula is C23H26N4O4S3. The molecule has 8 nitrogen and oxygen atoms in total. The summed E-state index contributed by atoms with van der Waals surface area (Å²) in [6.07, 6.45) is 7.63. The Hall–Kier alpha value is -2.50. The van der Waals surface area contributed by atoms with Crippen LogP contribution >= 0.6 is 35.3 Å². The van der Waals surface area contributed by atoms with E-state index in [9.17, 15) is 9.59 Å². The van der Waals surface area contributed by atoms with Gasteiger partial charge in [0.15, 0.2) is 11.5 Å². The fourth-order valence-electron chi connectivity index (χ4n) is 3.49. The Morgan fingerprint density at radius 3 is 2.91 bits per heavy atom. The van der Waals surface area contributed by atoms with Gasteiger partial charge in [0.2, 0.25) is 17.8 Å². The lowest BCUT2D eigenvalue weighted by Crippen LogP contribution is -2.29. The normalized spacial score (nSPS) is 16.0. The van der Waals surface area contributed by atoms with E-state index in [0.29, 0.717) is 38.8 Å². The first-order valence-corrected chi connectivity index (χ1v) is 13.3. The molecule has 0 spiro atoms. The number of benzene rings is 1. The van der Waals surface area contributed by atoms with Crippen molar-refractivity contribution in [2.45, 2.75) is 51.9 Å². The number of thioether (sulfide) groups is 1. The van der Waals surface area contributed by atoms with E-state index < -0.39 is 0 Å². The van der Waals surface area contributed by atoms with Gasteiger partial charge in [0.1, 0.15) is 9.33 Å². The van der Waals surface area contributed by atoms with Crippen molar-refractivity contribution in [2.75, 3.05) is 18.7 Å². The lowest BCUT2D eigenvalue weighted by atomic mass is 10.1. The number of carbonyl (C=O) groups is 2. The summed E-state index contributed by atoms with van der Waals surface area (Å²) in [5, 5.41) is 12.5. The van der Waals surface area contributed by atoms with Crippen LogP contribution in [0.15, 0.2) is 23.1 Å². The van der Waals surface area contributed by atoms with Gasteiger partial charge in [-0.1, -0.05) is 61.1 Å². The minimum absolute atomic E-state index is 0.0598. The van der Waals surface area contributed by atoms with Crippen LogP contribution in [0.25, 0.3) is 6.08 Å². The second kappa shape index (κ2) is 11.8. The van der Waals surface area contributed by atoms with E-state index in [1.807, 2.05) is 24.3 Å². The highest BCUT2D eigenvalue weighted by molar-refractivity contribution is 8.26. The number of fused-ring (bicyclic) bond motifs is 1. The zero-order valence-corrected chi connectivity index (χ0v) is 21.3. The summed E-state index contributed by atoms with van der Waals surface area (Å²) < 4.78 is 11.3. The zero-order chi connectivity index (χ0) is 23.9. The molecule has 0 atom stereocenters. The van der Waals surface area contributed by atoms with Crippen LogP contribution in [-0.4, -0.2) is 44.6 Å². The summed E-state index contributed by atoms with van der Waals surface area (Å²) in [6, 6.07) is 5.58. The van der Waals surface area contributed by atoms with Crippen molar-refractivity contribution in [2.24, 2.45) is 0 Å². The largest absolute Gasteiger partial charge is 0.454 e. The van der Waals surface area contributed by atoms with Crippen LogP contribution in [0.5, 0.6) is 11.5 Å². The van der Waals surface area contributed by atoms with Gasteiger partial charge in [0, 0.05) is 19.4 Å². The highest BCUT2D eigenvalue weighted by Gasteiger charge is 2.31. The van der Waals surface area contributed by atoms with Crippen LogP contribution in [0.3, 0.4) is 0 Å². The van der Waals surface area contributed by atoms with Gasteiger partial charge in [-0.2, -0.15) is 0 Å². The summed E-state index contributed by atoms with van der Waals surface area (Å²) in [6.45, 7) is 2.89. The van der Waals surface area contributed by atoms with Gasteiger partial charge in [-0.3, -0.25) is 14.5 Å². The summed E-state index contributed by atoms with van der Waals surface area (Å²) in [7, 11) is 0. The van der Waals surface area contributed by atoms with E-state index in [0.717, 1.165) is 49.1 Å². The molecule has 1 aromatic carbocycles. The average Bonchev–Trinajstić information content (AvgIpc) is 3.53. The Labute approximate surface area is 212 Å². The molecule has 180 valence electrons. The van der Waals surface area contributed by atoms with Crippen LogP contribution in [-0.2, 0) is 16.0 Å². The van der Waals surface area contributed by atoms with Crippen molar-refractivity contribution in [3.8, 4) is 11.5 Å². The van der Waals surface area contributed by atoms with Crippen LogP contribution in [0.1, 0.15) is 56.0 Å². The maximum absolute atomic E-state index is 12.8. The number of hydrogen-bond acceptors (Lipinski definition) is 9. The summed E-state index contributed by atoms with van der Waals surface area (Å²) in [4.78, 5) is 27.2. The monoisotopic (exact) mass is 518 g/mol. The summed E-state index contributed by atoms with van der Waals surface area (Å²) in [5.74, 6) is 1.24. The molecule has 4 rings (SSSR count). The zero-order valence-electron chi connectivity index (χ0n) is 18.9. The van der Waals surface area contributed by atoms with Gasteiger partial charge >= 0.3 is 0 Å². The summed E-state index contributed by atoms with van der Waals surface area (Å²) >= 11 is 8.16. The molecular weight excluding hydrogens is 492 g/mol. The minimum Gasteiger partial charge on any atom is -0.454 e. The Bertz CT molecular complexity index is 1100. The van der Waals surface area contributed by atoms with Crippen molar-refractivity contribution in [1.29, 1.82) is 0 Å². The Morgan fingerprint density at radius 1 is 1.21 bits per heavy atom. The van der Waals surface area contributed by atoms with Gasteiger partial charge in [-0.25, -0.2) is 0 Å². The third kappa shape index (κ3) is 6.34. The molecule has 1 fully saturated rings. The number of nitrogens with one attached hydrogen (secondary N) is 1. The summed E-state index contributed by atoms with van der Waals surface area (Å²) in [5.41, 5.74) is 0.865. The molecule has 1 aromatic heterocycles. The molecule has 0 bridgehead atoms. The molecule has 0 unspecified atom stereocenters. The van der Waals surface area contributed by atoms with E-state index in [2.05, 4.69) is 22.4 Å². The van der Waals surface area contributed by atoms with Gasteiger partial charge in [-0.05, 0) is 43.0 Å². The first-order valence-electron chi connectivity index (χ1n) is 11.3. The molecule has 0 radical (unpaired) electrons. The molecule has 0 aliphatic carbocycles. The van der Waals surface area contributed by atoms with Crippen molar-refractivity contribution < 1.29 is 19.1 Å². The van der Waals surface area contributed by atoms with E-state index >= 15 is 0 Å². The Balaban J connectivity index is 1.18. The molecule has 11 heteroatoms. The third-order valence-corrected chi connectivity index (χ3v) is 7.59. The van der Waals surface area contributed by atoms with E-state index in [1.54, 1.807) is 4.90 Å². The number of aromatic nitrogens is 2. The lowest BCUT2D eigenvalue weighted by molar-refractivity contribution is -0.122. The number of ether oxygens (including phenoxy) is 2. The minimum atomic E-state index is -0.0828. The molecule has 3 heterocycles. The molecule has 1 saturated heterocycles. The number of hydrogen-bond donors (Lipinski definition) is 1. The van der Waals surface area contributed by atoms with Crippen LogP contribution in [0, 0.1) is 0 Å². The fourth-order valence-corrected chi connectivity index (χ4v) is 5.60. The predicted molar refractivity (Wildman–Crippen MR) is 138 cm³/mol. The first-order chi connectivity index (χ1) is 16.5. The fraction of sp³-hybridized carbons (Fsp3) is 0.435. The number of carbonyl (C=O) groups excluding carboxylic acids is 2. The highest BCUT2D eigenvalue weighted by Crippen LogP contribution is 2.36. The molecule has 2 amide bonds. The van der Waals surface area contributed by atoms with Gasteiger partial charge < -0.3 is 14.8 Å². The average molecular weight is 519 g/mol. The number of amides is 2.